The van der Waals surface area contributed by atoms with Crippen LogP contribution in [0, 0.1) is 38.4 Å². The van der Waals surface area contributed by atoms with Crippen LogP contribution >= 0.6 is 8.53 Å². The molecule has 498 valence electrons. The molecular weight excluding hydrogens is 1160 g/mol. The highest BCUT2D eigenvalue weighted by Gasteiger charge is 2.52. The standard InChI is InChI=1S/C18H34FN2O3P.C15H19FO3.C15H20O4.C9H17FO2.C8H15FO3/c1-6-11-21(12-7-2)25(23-13-9-10-20)24-16-15(8-3)22-14-18(4,5)17(16)19;2*1-15(2)9-18-11-8-17-14(19-12(11)13(15)16)10-6-4-3-5-7-10;1-4-6-7(11)8(10)9(2,3)5-12-6;1-8(2)4-12-5(3-10)6(11)7(8)9/h15-17H,6-9,11-14H2,1-5H3;3-7,11-14H,8-9H2,1-2H3;3-7,11-14,16H,8-9H2,1-2H3;6-8,11H,4-5H2,1-3H3;5-7,10-11H,3-4H2,1-2H3/t15-,16?,17-,25?;11-,12?,13-,14-;11-,12?,13+,14-;6-,7?,8-;5-,6?,7-/m11111/s1. The summed E-state index contributed by atoms with van der Waals surface area (Å²) >= 11 is 0. The van der Waals surface area contributed by atoms with Crippen molar-refractivity contribution < 1.29 is 89.7 Å². The topological polar surface area (TPSA) is 209 Å². The number of ether oxygens (including phenoxy) is 9. The van der Waals surface area contributed by atoms with E-state index in [9.17, 15) is 28.5 Å². The first-order valence-corrected chi connectivity index (χ1v) is 32.3. The summed E-state index contributed by atoms with van der Waals surface area (Å²) in [6, 6.07) is 21.5. The number of rotatable bonds is 15. The summed E-state index contributed by atoms with van der Waals surface area (Å²) in [5, 5.41) is 46.7. The minimum absolute atomic E-state index is 0.178. The number of aliphatic hydroxyl groups is 4. The monoisotopic (exact) mass is 1260 g/mol. The van der Waals surface area contributed by atoms with Gasteiger partial charge < -0.3 is 72.1 Å². The van der Waals surface area contributed by atoms with Crippen molar-refractivity contribution in [2.45, 2.75) is 233 Å². The number of benzene rings is 2. The van der Waals surface area contributed by atoms with Crippen molar-refractivity contribution >= 4 is 8.53 Å². The van der Waals surface area contributed by atoms with E-state index in [0.29, 0.717) is 65.5 Å². The van der Waals surface area contributed by atoms with Crippen LogP contribution in [0.3, 0.4) is 0 Å². The lowest BCUT2D eigenvalue weighted by atomic mass is 9.80. The van der Waals surface area contributed by atoms with Crippen LogP contribution in [-0.4, -0.2) is 189 Å². The number of alkyl halides is 4. The van der Waals surface area contributed by atoms with Gasteiger partial charge >= 0.3 is 0 Å². The van der Waals surface area contributed by atoms with Crippen molar-refractivity contribution in [2.75, 3.05) is 72.6 Å². The molecule has 4 N–H and O–H groups in total. The predicted molar refractivity (Wildman–Crippen MR) is 323 cm³/mol. The number of hydrogen-bond donors (Lipinski definition) is 4. The van der Waals surface area contributed by atoms with Gasteiger partial charge in [-0.1, -0.05) is 158 Å². The molecule has 0 aromatic heterocycles. The van der Waals surface area contributed by atoms with Crippen LogP contribution < -0.4 is 0 Å². The minimum atomic E-state index is -1.41. The molecule has 0 aliphatic carbocycles. The summed E-state index contributed by atoms with van der Waals surface area (Å²) < 4.78 is 121. The van der Waals surface area contributed by atoms with Gasteiger partial charge in [-0.15, -0.1) is 0 Å². The second-order valence-electron chi connectivity index (χ2n) is 27.1. The fourth-order valence-electron chi connectivity index (χ4n) is 10.8. The quantitative estimate of drug-likeness (QED) is 0.0742. The number of nitriles is 1. The molecule has 7 heterocycles. The maximum absolute atomic E-state index is 15.1. The Morgan fingerprint density at radius 3 is 1.44 bits per heavy atom. The van der Waals surface area contributed by atoms with Crippen molar-refractivity contribution in [1.29, 1.82) is 5.26 Å². The first kappa shape index (κ1) is 75.2. The predicted octanol–water partition coefficient (Wildman–Crippen LogP) is 11.2. The van der Waals surface area contributed by atoms with E-state index in [1.165, 1.54) is 0 Å². The molecule has 6 unspecified atom stereocenters. The van der Waals surface area contributed by atoms with E-state index < -0.39 is 104 Å². The van der Waals surface area contributed by atoms with Gasteiger partial charge in [0.2, 0.25) is 0 Å². The Kier molecular flexibility index (Phi) is 29.7. The third kappa shape index (κ3) is 20.5. The van der Waals surface area contributed by atoms with Crippen molar-refractivity contribution in [1.82, 2.24) is 4.67 Å². The summed E-state index contributed by atoms with van der Waals surface area (Å²) in [4.78, 5) is 0. The van der Waals surface area contributed by atoms with Crippen LogP contribution in [0.25, 0.3) is 0 Å². The SMILES string of the molecule is CC1(C)CO[C@@H]2CO[C@@H](c3ccccc3)OC2[C@@H]1O.CC1(C)CO[C@@H]2CO[C@@H](c3ccccc3)OC2[C@H]1F.CC1(C)CO[C@H](CO)C(O)[C@H]1F.CCCN(CCC)P(OCCC#N)OC1[C@@H](F)C(C)(C)CO[C@@H]1CC.CC[C@H]1OCC(C)(C)[C@H](F)C1O. The Morgan fingerprint density at radius 2 is 0.966 bits per heavy atom. The van der Waals surface area contributed by atoms with Crippen LogP contribution in [0.4, 0.5) is 17.6 Å². The highest BCUT2D eigenvalue weighted by Crippen LogP contribution is 2.49. The van der Waals surface area contributed by atoms with Crippen LogP contribution in [-0.2, 0) is 51.7 Å². The molecule has 22 heteroatoms. The molecule has 2 aromatic carbocycles. The Hall–Kier alpha value is -2.56. The summed E-state index contributed by atoms with van der Waals surface area (Å²) in [5.74, 6) is 0. The molecule has 0 bridgehead atoms. The van der Waals surface area contributed by atoms with Gasteiger partial charge in [0.1, 0.15) is 73.5 Å². The Morgan fingerprint density at radius 1 is 0.552 bits per heavy atom. The lowest BCUT2D eigenvalue weighted by molar-refractivity contribution is -0.318. The van der Waals surface area contributed by atoms with Crippen molar-refractivity contribution in [2.24, 2.45) is 27.1 Å². The zero-order chi connectivity index (χ0) is 64.5. The van der Waals surface area contributed by atoms with Crippen molar-refractivity contribution in [3.8, 4) is 6.07 Å². The fourth-order valence-corrected chi connectivity index (χ4v) is 12.6. The van der Waals surface area contributed by atoms with Crippen LogP contribution in [0.5, 0.6) is 0 Å². The van der Waals surface area contributed by atoms with Gasteiger partial charge in [-0.3, -0.25) is 0 Å². The number of nitrogens with zero attached hydrogens (tertiary/aromatic N) is 2. The average Bonchev–Trinajstić information content (AvgIpc) is 1.44. The summed E-state index contributed by atoms with van der Waals surface area (Å²) in [6.45, 7) is 30.9. The van der Waals surface area contributed by atoms with Crippen molar-refractivity contribution in [3.05, 3.63) is 71.8 Å². The molecule has 0 saturated carbocycles. The van der Waals surface area contributed by atoms with Gasteiger partial charge in [-0.25, -0.2) is 22.2 Å². The van der Waals surface area contributed by atoms with Gasteiger partial charge in [0.15, 0.2) is 12.6 Å². The maximum Gasteiger partial charge on any atom is 0.259 e. The van der Waals surface area contributed by atoms with E-state index >= 15 is 4.39 Å². The molecule has 9 rings (SSSR count). The summed E-state index contributed by atoms with van der Waals surface area (Å²) in [6.07, 6.45) is -8.06. The Bertz CT molecular complexity index is 2190. The van der Waals surface area contributed by atoms with E-state index in [0.717, 1.165) is 37.1 Å². The Balaban J connectivity index is 0.000000203. The van der Waals surface area contributed by atoms with Gasteiger partial charge in [0.25, 0.3) is 8.53 Å². The van der Waals surface area contributed by atoms with Gasteiger partial charge in [0, 0.05) is 51.3 Å². The number of halogens is 4. The van der Waals surface area contributed by atoms with Crippen LogP contribution in [0.15, 0.2) is 60.7 Å². The molecule has 7 fully saturated rings. The molecule has 7 saturated heterocycles. The van der Waals surface area contributed by atoms with E-state index in [1.807, 2.05) is 116 Å². The van der Waals surface area contributed by atoms with E-state index in [2.05, 4.69) is 24.6 Å². The van der Waals surface area contributed by atoms with Gasteiger partial charge in [0.05, 0.1) is 90.3 Å². The molecule has 0 amide bonds. The van der Waals surface area contributed by atoms with Gasteiger partial charge in [-0.2, -0.15) is 5.26 Å². The lowest BCUT2D eigenvalue weighted by Gasteiger charge is -2.48. The third-order valence-electron chi connectivity index (χ3n) is 16.8. The van der Waals surface area contributed by atoms with Crippen molar-refractivity contribution in [3.63, 3.8) is 0 Å². The molecule has 18 atom stereocenters. The van der Waals surface area contributed by atoms with Crippen LogP contribution in [0.2, 0.25) is 0 Å². The third-order valence-corrected chi connectivity index (χ3v) is 18.5. The molecule has 0 radical (unpaired) electrons. The summed E-state index contributed by atoms with van der Waals surface area (Å²) in [5.41, 5.74) is -0.715. The average molecular weight is 1260 g/mol. The number of aliphatic hydroxyl groups excluding tert-OH is 4. The molecule has 87 heavy (non-hydrogen) atoms. The van der Waals surface area contributed by atoms with E-state index in [-0.39, 0.29) is 49.1 Å². The van der Waals surface area contributed by atoms with Gasteiger partial charge in [-0.05, 0) is 25.7 Å². The highest BCUT2D eigenvalue weighted by molar-refractivity contribution is 7.44. The van der Waals surface area contributed by atoms with E-state index in [4.69, 9.17) is 62.0 Å². The highest BCUT2D eigenvalue weighted by atomic mass is 31.2. The normalized spacial score (nSPS) is 35.6. The van der Waals surface area contributed by atoms with E-state index in [1.54, 1.807) is 27.7 Å². The molecule has 17 nitrogen and oxygen atoms in total. The smallest absolute Gasteiger partial charge is 0.259 e. The molecule has 2 aromatic rings. The largest absolute Gasteiger partial charge is 0.394 e. The zero-order valence-electron chi connectivity index (χ0n) is 54.0. The second kappa shape index (κ2) is 34.4. The molecule has 7 aliphatic rings. The molecule has 0 spiro atoms. The number of hydrogen-bond acceptors (Lipinski definition) is 17. The fraction of sp³-hybridized carbons (Fsp3) is 0.800. The minimum Gasteiger partial charge on any atom is -0.394 e. The Labute approximate surface area is 517 Å². The molecular formula is C65H105F4N2O15P. The zero-order valence-corrected chi connectivity index (χ0v) is 54.9. The first-order chi connectivity index (χ1) is 41.0. The lowest BCUT2D eigenvalue weighted by Crippen LogP contribution is -2.59. The second-order valence-corrected chi connectivity index (χ2v) is 28.6. The molecule has 7 aliphatic heterocycles. The number of fused-ring (bicyclic) bond motifs is 2. The maximum atomic E-state index is 15.1. The first-order valence-electron chi connectivity index (χ1n) is 31.2. The van der Waals surface area contributed by atoms with Crippen LogP contribution in [0.1, 0.15) is 153 Å². The summed E-state index contributed by atoms with van der Waals surface area (Å²) in [7, 11) is -1.41.